The Morgan fingerprint density at radius 3 is 2.71 bits per heavy atom. The van der Waals surface area contributed by atoms with E-state index in [4.69, 9.17) is 10.5 Å². The minimum Gasteiger partial charge on any atom is -0.494 e. The Hall–Kier alpha value is -1.02. The molecule has 2 heteroatoms. The molecule has 96 valence electrons. The van der Waals surface area contributed by atoms with Gasteiger partial charge in [0.25, 0.3) is 0 Å². The third-order valence-electron chi connectivity index (χ3n) is 3.20. The van der Waals surface area contributed by atoms with E-state index >= 15 is 0 Å². The summed E-state index contributed by atoms with van der Waals surface area (Å²) < 4.78 is 5.76. The molecule has 0 aliphatic heterocycles. The van der Waals surface area contributed by atoms with Crippen LogP contribution in [0.5, 0.6) is 5.75 Å². The van der Waals surface area contributed by atoms with E-state index in [0.29, 0.717) is 6.54 Å². The van der Waals surface area contributed by atoms with Gasteiger partial charge in [-0.2, -0.15) is 0 Å². The summed E-state index contributed by atoms with van der Waals surface area (Å²) in [4.78, 5) is 0. The van der Waals surface area contributed by atoms with Gasteiger partial charge < -0.3 is 10.5 Å². The Morgan fingerprint density at radius 1 is 1.29 bits per heavy atom. The van der Waals surface area contributed by atoms with Gasteiger partial charge in [-0.3, -0.25) is 0 Å². The number of aryl methyl sites for hydroxylation is 1. The molecule has 1 rings (SSSR count). The minimum absolute atomic E-state index is 0.579. The Labute approximate surface area is 105 Å². The van der Waals surface area contributed by atoms with Crippen molar-refractivity contribution in [2.24, 2.45) is 11.7 Å². The van der Waals surface area contributed by atoms with Gasteiger partial charge in [0.2, 0.25) is 0 Å². The maximum absolute atomic E-state index is 5.76. The van der Waals surface area contributed by atoms with Crippen LogP contribution in [0.25, 0.3) is 0 Å². The highest BCUT2D eigenvalue weighted by atomic mass is 16.5. The van der Waals surface area contributed by atoms with Gasteiger partial charge >= 0.3 is 0 Å². The van der Waals surface area contributed by atoms with E-state index in [1.165, 1.54) is 24.0 Å². The van der Waals surface area contributed by atoms with Gasteiger partial charge in [-0.1, -0.05) is 32.8 Å². The third kappa shape index (κ3) is 4.78. The molecular formula is C15H25NO. The summed E-state index contributed by atoms with van der Waals surface area (Å²) in [6, 6.07) is 6.16. The molecule has 0 spiro atoms. The highest BCUT2D eigenvalue weighted by molar-refractivity contribution is 5.34. The minimum atomic E-state index is 0.579. The fraction of sp³-hybridized carbons (Fsp3) is 0.600. The largest absolute Gasteiger partial charge is 0.494 e. The maximum Gasteiger partial charge on any atom is 0.119 e. The molecule has 0 amide bonds. The van der Waals surface area contributed by atoms with Gasteiger partial charge in [0.15, 0.2) is 0 Å². The number of hydrogen-bond acceptors (Lipinski definition) is 2. The fourth-order valence-electron chi connectivity index (χ4n) is 1.97. The molecule has 0 saturated carbocycles. The molecule has 0 aliphatic rings. The molecule has 2 N–H and O–H groups in total. The Bertz CT molecular complexity index is 336. The topological polar surface area (TPSA) is 35.2 Å². The number of rotatable bonds is 7. The molecule has 1 aromatic rings. The van der Waals surface area contributed by atoms with E-state index in [0.717, 1.165) is 24.7 Å². The number of benzene rings is 1. The zero-order valence-electron chi connectivity index (χ0n) is 11.3. The molecule has 0 heterocycles. The molecule has 0 fully saturated rings. The van der Waals surface area contributed by atoms with E-state index in [-0.39, 0.29) is 0 Å². The van der Waals surface area contributed by atoms with Gasteiger partial charge in [0.1, 0.15) is 5.75 Å². The maximum atomic E-state index is 5.76. The molecule has 1 unspecified atom stereocenters. The molecule has 1 atom stereocenters. The van der Waals surface area contributed by atoms with Crippen LogP contribution in [0.4, 0.5) is 0 Å². The smallest absolute Gasteiger partial charge is 0.119 e. The van der Waals surface area contributed by atoms with E-state index in [1.807, 2.05) is 6.07 Å². The second-order valence-corrected chi connectivity index (χ2v) is 4.82. The molecular weight excluding hydrogens is 210 g/mol. The van der Waals surface area contributed by atoms with Crippen LogP contribution in [-0.2, 0) is 6.54 Å². The van der Waals surface area contributed by atoms with Crippen molar-refractivity contribution in [3.63, 3.8) is 0 Å². The Balaban J connectivity index is 2.41. The van der Waals surface area contributed by atoms with Crippen LogP contribution in [0, 0.1) is 12.8 Å². The molecule has 0 bridgehead atoms. The van der Waals surface area contributed by atoms with Crippen LogP contribution in [0.3, 0.4) is 0 Å². The van der Waals surface area contributed by atoms with Crippen molar-refractivity contribution < 1.29 is 4.74 Å². The van der Waals surface area contributed by atoms with Crippen molar-refractivity contribution in [3.8, 4) is 5.75 Å². The first-order valence-electron chi connectivity index (χ1n) is 6.59. The molecule has 0 saturated heterocycles. The molecule has 2 nitrogen and oxygen atoms in total. The summed E-state index contributed by atoms with van der Waals surface area (Å²) in [6.07, 6.45) is 3.66. The van der Waals surface area contributed by atoms with Gasteiger partial charge in [0, 0.05) is 6.54 Å². The number of ether oxygens (including phenoxy) is 1. The quantitative estimate of drug-likeness (QED) is 0.782. The van der Waals surface area contributed by atoms with Crippen molar-refractivity contribution in [2.75, 3.05) is 6.61 Å². The summed E-state index contributed by atoms with van der Waals surface area (Å²) in [7, 11) is 0. The predicted molar refractivity (Wildman–Crippen MR) is 73.3 cm³/mol. The third-order valence-corrected chi connectivity index (χ3v) is 3.20. The van der Waals surface area contributed by atoms with Crippen molar-refractivity contribution in [2.45, 2.75) is 46.6 Å². The molecule has 0 radical (unpaired) electrons. The summed E-state index contributed by atoms with van der Waals surface area (Å²) in [6.45, 7) is 7.97. The SMILES string of the molecule is CCCC(C)CCOc1ccc(C)c(CN)c1. The highest BCUT2D eigenvalue weighted by Crippen LogP contribution is 2.18. The average Bonchev–Trinajstić information content (AvgIpc) is 2.31. The lowest BCUT2D eigenvalue weighted by atomic mass is 10.0. The van der Waals surface area contributed by atoms with Crippen molar-refractivity contribution in [1.82, 2.24) is 0 Å². The standard InChI is InChI=1S/C15H25NO/c1-4-5-12(2)8-9-17-15-7-6-13(3)14(10-15)11-16/h6-7,10,12H,4-5,8-9,11,16H2,1-3H3. The monoisotopic (exact) mass is 235 g/mol. The summed E-state index contributed by atoms with van der Waals surface area (Å²) in [5.41, 5.74) is 8.09. The Kier molecular flexibility index (Phi) is 6.06. The lowest BCUT2D eigenvalue weighted by molar-refractivity contribution is 0.278. The number of nitrogens with two attached hydrogens (primary N) is 1. The number of hydrogen-bond donors (Lipinski definition) is 1. The lowest BCUT2D eigenvalue weighted by Crippen LogP contribution is -2.05. The van der Waals surface area contributed by atoms with Gasteiger partial charge in [-0.25, -0.2) is 0 Å². The zero-order chi connectivity index (χ0) is 12.7. The molecule has 0 aliphatic carbocycles. The van der Waals surface area contributed by atoms with Crippen LogP contribution in [0.1, 0.15) is 44.2 Å². The van der Waals surface area contributed by atoms with Gasteiger partial charge in [0.05, 0.1) is 6.61 Å². The second-order valence-electron chi connectivity index (χ2n) is 4.82. The van der Waals surface area contributed by atoms with E-state index in [9.17, 15) is 0 Å². The normalized spacial score (nSPS) is 12.5. The molecule has 1 aromatic carbocycles. The predicted octanol–water partition coefficient (Wildman–Crippen LogP) is 3.66. The molecule has 0 aromatic heterocycles. The zero-order valence-corrected chi connectivity index (χ0v) is 11.3. The first kappa shape index (κ1) is 14.0. The van der Waals surface area contributed by atoms with Crippen molar-refractivity contribution >= 4 is 0 Å². The second kappa shape index (κ2) is 7.33. The van der Waals surface area contributed by atoms with E-state index in [2.05, 4.69) is 32.9 Å². The molecule has 17 heavy (non-hydrogen) atoms. The highest BCUT2D eigenvalue weighted by Gasteiger charge is 2.03. The van der Waals surface area contributed by atoms with Crippen LogP contribution < -0.4 is 10.5 Å². The first-order chi connectivity index (χ1) is 8.17. The lowest BCUT2D eigenvalue weighted by Gasteiger charge is -2.12. The summed E-state index contributed by atoms with van der Waals surface area (Å²) >= 11 is 0. The van der Waals surface area contributed by atoms with E-state index in [1.54, 1.807) is 0 Å². The van der Waals surface area contributed by atoms with Crippen LogP contribution in [0.2, 0.25) is 0 Å². The van der Waals surface area contributed by atoms with Crippen molar-refractivity contribution in [3.05, 3.63) is 29.3 Å². The first-order valence-corrected chi connectivity index (χ1v) is 6.59. The summed E-state index contributed by atoms with van der Waals surface area (Å²) in [5, 5.41) is 0. The van der Waals surface area contributed by atoms with Crippen LogP contribution >= 0.6 is 0 Å². The Morgan fingerprint density at radius 2 is 2.06 bits per heavy atom. The fourth-order valence-corrected chi connectivity index (χ4v) is 1.97. The van der Waals surface area contributed by atoms with E-state index < -0.39 is 0 Å². The van der Waals surface area contributed by atoms with Gasteiger partial charge in [-0.05, 0) is 42.5 Å². The van der Waals surface area contributed by atoms with Crippen LogP contribution in [-0.4, -0.2) is 6.61 Å². The van der Waals surface area contributed by atoms with Crippen LogP contribution in [0.15, 0.2) is 18.2 Å². The average molecular weight is 235 g/mol. The summed E-state index contributed by atoms with van der Waals surface area (Å²) in [5.74, 6) is 1.69. The van der Waals surface area contributed by atoms with Crippen molar-refractivity contribution in [1.29, 1.82) is 0 Å². The van der Waals surface area contributed by atoms with Gasteiger partial charge in [-0.15, -0.1) is 0 Å².